The maximum atomic E-state index is 12.3. The van der Waals surface area contributed by atoms with Crippen LogP contribution in [0.3, 0.4) is 0 Å². The zero-order chi connectivity index (χ0) is 17.8. The number of nitrogens with zero attached hydrogens (tertiary/aromatic N) is 2. The zero-order valence-corrected chi connectivity index (χ0v) is 14.1. The van der Waals surface area contributed by atoms with Crippen LogP contribution in [0.25, 0.3) is 0 Å². The fourth-order valence-corrected chi connectivity index (χ4v) is 3.52. The van der Waals surface area contributed by atoms with Crippen molar-refractivity contribution in [3.63, 3.8) is 0 Å². The molecule has 0 spiro atoms. The van der Waals surface area contributed by atoms with E-state index in [9.17, 15) is 14.4 Å². The van der Waals surface area contributed by atoms with E-state index in [1.807, 2.05) is 18.2 Å². The van der Waals surface area contributed by atoms with Crippen LogP contribution in [-0.2, 0) is 22.6 Å². The molecule has 0 aliphatic carbocycles. The maximum Gasteiger partial charge on any atom is 0.326 e. The lowest BCUT2D eigenvalue weighted by Crippen LogP contribution is -2.45. The molecule has 2 aliphatic rings. The van der Waals surface area contributed by atoms with Crippen molar-refractivity contribution in [3.8, 4) is 0 Å². The van der Waals surface area contributed by atoms with Crippen LogP contribution < -0.4 is 5.32 Å². The van der Waals surface area contributed by atoms with E-state index >= 15 is 0 Å². The summed E-state index contributed by atoms with van der Waals surface area (Å²) in [5, 5.41) is 11.9. The van der Waals surface area contributed by atoms with Crippen molar-refractivity contribution in [3.05, 3.63) is 35.4 Å². The molecular weight excluding hydrogens is 322 g/mol. The van der Waals surface area contributed by atoms with Gasteiger partial charge in [-0.3, -0.25) is 4.79 Å². The largest absolute Gasteiger partial charge is 0.480 e. The third kappa shape index (κ3) is 3.92. The molecule has 1 aromatic rings. The second-order valence-electron chi connectivity index (χ2n) is 6.51. The van der Waals surface area contributed by atoms with Gasteiger partial charge in [0.15, 0.2) is 0 Å². The van der Waals surface area contributed by atoms with Crippen LogP contribution in [0.4, 0.5) is 4.79 Å². The summed E-state index contributed by atoms with van der Waals surface area (Å²) in [6.45, 7) is 1.93. The van der Waals surface area contributed by atoms with Crippen LogP contribution in [0.15, 0.2) is 24.3 Å². The molecule has 0 saturated carbocycles. The van der Waals surface area contributed by atoms with Crippen LogP contribution in [0, 0.1) is 0 Å². The molecule has 0 radical (unpaired) electrons. The summed E-state index contributed by atoms with van der Waals surface area (Å²) in [5.74, 6) is -1.17. The average Bonchev–Trinajstić information content (AvgIpc) is 3.11. The minimum atomic E-state index is -0.957. The molecule has 134 valence electrons. The molecule has 1 atom stereocenters. The molecule has 3 amide bonds. The number of nitrogens with one attached hydrogen (secondary N) is 1. The summed E-state index contributed by atoms with van der Waals surface area (Å²) < 4.78 is 0. The number of carbonyl (C=O) groups is 3. The number of carbonyl (C=O) groups excluding carboxylic acids is 2. The van der Waals surface area contributed by atoms with Crippen LogP contribution >= 0.6 is 0 Å². The molecule has 2 heterocycles. The summed E-state index contributed by atoms with van der Waals surface area (Å²) in [6.07, 6.45) is 2.17. The van der Waals surface area contributed by atoms with Gasteiger partial charge in [-0.05, 0) is 30.4 Å². The normalized spacial score (nSPS) is 19.4. The molecular formula is C18H23N3O4. The molecule has 1 fully saturated rings. The summed E-state index contributed by atoms with van der Waals surface area (Å²) in [7, 11) is 0. The minimum absolute atomic E-state index is 0.125. The number of amides is 3. The summed E-state index contributed by atoms with van der Waals surface area (Å²) in [4.78, 5) is 38.7. The lowest BCUT2D eigenvalue weighted by molar-refractivity contribution is -0.148. The van der Waals surface area contributed by atoms with Gasteiger partial charge in [0.25, 0.3) is 0 Å². The highest BCUT2D eigenvalue weighted by Gasteiger charge is 2.33. The number of carboxylic acids is 1. The highest BCUT2D eigenvalue weighted by Crippen LogP contribution is 2.19. The minimum Gasteiger partial charge on any atom is -0.480 e. The van der Waals surface area contributed by atoms with Gasteiger partial charge < -0.3 is 20.2 Å². The topological polar surface area (TPSA) is 90.0 Å². The fourth-order valence-electron chi connectivity index (χ4n) is 3.52. The molecule has 1 saturated heterocycles. The Kier molecular flexibility index (Phi) is 5.21. The van der Waals surface area contributed by atoms with Crippen LogP contribution in [0.5, 0.6) is 0 Å². The third-order valence-electron chi connectivity index (χ3n) is 4.89. The molecule has 2 aliphatic heterocycles. The van der Waals surface area contributed by atoms with Gasteiger partial charge in [-0.1, -0.05) is 24.3 Å². The first-order valence-corrected chi connectivity index (χ1v) is 8.68. The first kappa shape index (κ1) is 17.3. The Hall–Kier alpha value is -2.57. The van der Waals surface area contributed by atoms with Crippen molar-refractivity contribution in [2.45, 2.75) is 38.3 Å². The Morgan fingerprint density at radius 2 is 1.92 bits per heavy atom. The van der Waals surface area contributed by atoms with Gasteiger partial charge in [0, 0.05) is 32.6 Å². The van der Waals surface area contributed by atoms with Gasteiger partial charge in [-0.2, -0.15) is 0 Å². The molecule has 25 heavy (non-hydrogen) atoms. The number of carboxylic acid groups (broad SMARTS) is 1. The number of benzene rings is 1. The summed E-state index contributed by atoms with van der Waals surface area (Å²) in [6, 6.07) is 7.17. The molecule has 0 unspecified atom stereocenters. The Labute approximate surface area is 146 Å². The van der Waals surface area contributed by atoms with Crippen molar-refractivity contribution >= 4 is 17.9 Å². The van der Waals surface area contributed by atoms with Crippen molar-refractivity contribution in [1.82, 2.24) is 15.1 Å². The second-order valence-corrected chi connectivity index (χ2v) is 6.51. The monoisotopic (exact) mass is 345 g/mol. The quantitative estimate of drug-likeness (QED) is 0.859. The van der Waals surface area contributed by atoms with E-state index in [1.54, 1.807) is 4.90 Å². The number of hydrogen-bond acceptors (Lipinski definition) is 3. The molecule has 7 heteroatoms. The van der Waals surface area contributed by atoms with Gasteiger partial charge >= 0.3 is 12.0 Å². The van der Waals surface area contributed by atoms with Crippen molar-refractivity contribution in [2.75, 3.05) is 19.6 Å². The molecule has 3 rings (SSSR count). The number of hydrogen-bond donors (Lipinski definition) is 2. The number of aliphatic carboxylic acids is 1. The van der Waals surface area contributed by atoms with Gasteiger partial charge in [-0.25, -0.2) is 9.59 Å². The average molecular weight is 345 g/mol. The maximum absolute atomic E-state index is 12.3. The lowest BCUT2D eigenvalue weighted by atomic mass is 10.0. The van der Waals surface area contributed by atoms with E-state index < -0.39 is 12.0 Å². The Morgan fingerprint density at radius 3 is 2.68 bits per heavy atom. The lowest BCUT2D eigenvalue weighted by Gasteiger charge is -2.29. The van der Waals surface area contributed by atoms with Gasteiger partial charge in [0.2, 0.25) is 5.91 Å². The predicted molar refractivity (Wildman–Crippen MR) is 90.9 cm³/mol. The number of fused-ring (bicyclic) bond motifs is 1. The SMILES string of the molecule is O=C(O)[C@@H]1CCCN1C(=O)CCNC(=O)N1CCc2ccccc2C1. The number of rotatable bonds is 4. The highest BCUT2D eigenvalue weighted by atomic mass is 16.4. The molecule has 0 bridgehead atoms. The van der Waals surface area contributed by atoms with Crippen molar-refractivity contribution in [1.29, 1.82) is 0 Å². The number of urea groups is 1. The van der Waals surface area contributed by atoms with E-state index in [4.69, 9.17) is 5.11 Å². The summed E-state index contributed by atoms with van der Waals surface area (Å²) in [5.41, 5.74) is 2.43. The standard InChI is InChI=1S/C18H23N3O4/c22-16(21-10-3-6-15(21)17(23)24)7-9-19-18(25)20-11-8-13-4-1-2-5-14(13)12-20/h1-2,4-5,15H,3,6-12H2,(H,19,25)(H,23,24)/t15-/m0/s1. The van der Waals surface area contributed by atoms with E-state index in [0.717, 1.165) is 12.0 Å². The molecule has 0 aromatic heterocycles. The third-order valence-corrected chi connectivity index (χ3v) is 4.89. The Balaban J connectivity index is 1.45. The highest BCUT2D eigenvalue weighted by molar-refractivity contribution is 5.84. The first-order chi connectivity index (χ1) is 12.1. The van der Waals surface area contributed by atoms with Gasteiger partial charge in [0.1, 0.15) is 6.04 Å². The second kappa shape index (κ2) is 7.55. The number of likely N-dealkylation sites (tertiary alicyclic amines) is 1. The van der Waals surface area contributed by atoms with Gasteiger partial charge in [-0.15, -0.1) is 0 Å². The molecule has 1 aromatic carbocycles. The van der Waals surface area contributed by atoms with Crippen LogP contribution in [0.2, 0.25) is 0 Å². The fraction of sp³-hybridized carbons (Fsp3) is 0.500. The molecule has 2 N–H and O–H groups in total. The van der Waals surface area contributed by atoms with Crippen LogP contribution in [-0.4, -0.2) is 58.5 Å². The van der Waals surface area contributed by atoms with Crippen LogP contribution in [0.1, 0.15) is 30.4 Å². The Bertz CT molecular complexity index is 676. The van der Waals surface area contributed by atoms with E-state index in [1.165, 1.54) is 10.5 Å². The van der Waals surface area contributed by atoms with Crippen molar-refractivity contribution in [2.24, 2.45) is 0 Å². The predicted octanol–water partition coefficient (Wildman–Crippen LogP) is 1.22. The first-order valence-electron chi connectivity index (χ1n) is 8.68. The zero-order valence-electron chi connectivity index (χ0n) is 14.1. The van der Waals surface area contributed by atoms with E-state index in [-0.39, 0.29) is 24.9 Å². The van der Waals surface area contributed by atoms with Crippen molar-refractivity contribution < 1.29 is 19.5 Å². The van der Waals surface area contributed by atoms with Gasteiger partial charge in [0.05, 0.1) is 0 Å². The van der Waals surface area contributed by atoms with E-state index in [2.05, 4.69) is 11.4 Å². The summed E-state index contributed by atoms with van der Waals surface area (Å²) >= 11 is 0. The van der Waals surface area contributed by atoms with E-state index in [0.29, 0.717) is 32.5 Å². The smallest absolute Gasteiger partial charge is 0.326 e. The molecule has 7 nitrogen and oxygen atoms in total. The Morgan fingerprint density at radius 1 is 1.16 bits per heavy atom.